The number of aromatic nitrogens is 4. The Labute approximate surface area is 186 Å². The van der Waals surface area contributed by atoms with Crippen LogP contribution in [0.3, 0.4) is 0 Å². The molecule has 5 rings (SSSR count). The summed E-state index contributed by atoms with van der Waals surface area (Å²) in [6.45, 7) is 5.27. The maximum atomic E-state index is 13.1. The third-order valence-electron chi connectivity index (χ3n) is 5.61. The van der Waals surface area contributed by atoms with Crippen LogP contribution in [0, 0.1) is 12.7 Å². The highest BCUT2D eigenvalue weighted by atomic mass is 19.1. The average molecular weight is 426 g/mol. The van der Waals surface area contributed by atoms with Gasteiger partial charge < -0.3 is 9.80 Å². The number of rotatable bonds is 4. The van der Waals surface area contributed by atoms with Gasteiger partial charge >= 0.3 is 0 Å². The first-order chi connectivity index (χ1) is 15.7. The van der Waals surface area contributed by atoms with E-state index in [0.29, 0.717) is 0 Å². The van der Waals surface area contributed by atoms with Crippen molar-refractivity contribution in [3.63, 3.8) is 0 Å². The molecule has 0 N–H and O–H groups in total. The maximum absolute atomic E-state index is 13.1. The molecule has 7 heteroatoms. The number of hydrogen-bond acceptors (Lipinski definition) is 6. The third kappa shape index (κ3) is 4.27. The van der Waals surface area contributed by atoms with Crippen LogP contribution in [0.1, 0.15) is 5.82 Å². The summed E-state index contributed by atoms with van der Waals surface area (Å²) >= 11 is 0. The van der Waals surface area contributed by atoms with Gasteiger partial charge in [0.2, 0.25) is 0 Å². The highest BCUT2D eigenvalue weighted by Crippen LogP contribution is 2.24. The van der Waals surface area contributed by atoms with E-state index in [1.165, 1.54) is 12.1 Å². The lowest BCUT2D eigenvalue weighted by atomic mass is 10.1. The van der Waals surface area contributed by atoms with E-state index in [1.54, 1.807) is 12.1 Å². The van der Waals surface area contributed by atoms with Crippen LogP contribution >= 0.6 is 0 Å². The highest BCUT2D eigenvalue weighted by Gasteiger charge is 2.20. The van der Waals surface area contributed by atoms with Crippen LogP contribution in [-0.4, -0.2) is 46.3 Å². The molecule has 2 aromatic heterocycles. The second-order valence-corrected chi connectivity index (χ2v) is 7.78. The minimum atomic E-state index is -0.258. The quantitative estimate of drug-likeness (QED) is 0.483. The molecule has 0 aliphatic carbocycles. The van der Waals surface area contributed by atoms with Crippen LogP contribution < -0.4 is 9.80 Å². The van der Waals surface area contributed by atoms with Crippen molar-refractivity contribution >= 4 is 11.6 Å². The highest BCUT2D eigenvalue weighted by molar-refractivity contribution is 5.63. The van der Waals surface area contributed by atoms with Gasteiger partial charge in [-0.25, -0.2) is 14.4 Å². The zero-order valence-corrected chi connectivity index (χ0v) is 17.8. The molecule has 6 nitrogen and oxygen atoms in total. The van der Waals surface area contributed by atoms with E-state index in [-0.39, 0.29) is 5.82 Å². The molecule has 0 bridgehead atoms. The average Bonchev–Trinajstić information content (AvgIpc) is 2.85. The van der Waals surface area contributed by atoms with E-state index in [0.717, 1.165) is 66.2 Å². The fraction of sp³-hybridized carbons (Fsp3) is 0.200. The standard InChI is InChI=1S/C25H23FN6/c1-18-27-23(19-5-3-2-4-6-19)17-25(28-18)32-15-13-31(14-16-32)24-12-11-22(29-30-24)20-7-9-21(26)10-8-20/h2-12,17H,13-16H2,1H3. The van der Waals surface area contributed by atoms with Crippen molar-refractivity contribution in [3.05, 3.63) is 84.4 Å². The lowest BCUT2D eigenvalue weighted by Crippen LogP contribution is -2.47. The van der Waals surface area contributed by atoms with E-state index < -0.39 is 0 Å². The van der Waals surface area contributed by atoms with E-state index in [2.05, 4.69) is 48.2 Å². The van der Waals surface area contributed by atoms with E-state index in [9.17, 15) is 4.39 Å². The molecule has 2 aromatic carbocycles. The summed E-state index contributed by atoms with van der Waals surface area (Å²) in [6, 6.07) is 22.4. The Kier molecular flexibility index (Phi) is 5.46. The number of hydrogen-bond donors (Lipinski definition) is 0. The number of halogens is 1. The Morgan fingerprint density at radius 2 is 1.31 bits per heavy atom. The predicted molar refractivity (Wildman–Crippen MR) is 124 cm³/mol. The Hall–Kier alpha value is -3.87. The van der Waals surface area contributed by atoms with Gasteiger partial charge in [-0.2, -0.15) is 0 Å². The van der Waals surface area contributed by atoms with Crippen LogP contribution in [0.25, 0.3) is 22.5 Å². The van der Waals surface area contributed by atoms with Crippen molar-refractivity contribution in [2.24, 2.45) is 0 Å². The molecular weight excluding hydrogens is 403 g/mol. The molecule has 1 fully saturated rings. The molecule has 1 aliphatic rings. The van der Waals surface area contributed by atoms with Crippen LogP contribution in [0.15, 0.2) is 72.8 Å². The lowest BCUT2D eigenvalue weighted by molar-refractivity contribution is 0.628. The number of piperazine rings is 1. The minimum absolute atomic E-state index is 0.258. The van der Waals surface area contributed by atoms with Crippen LogP contribution in [0.2, 0.25) is 0 Å². The smallest absolute Gasteiger partial charge is 0.151 e. The first-order valence-electron chi connectivity index (χ1n) is 10.7. The van der Waals surface area contributed by atoms with Crippen molar-refractivity contribution in [3.8, 4) is 22.5 Å². The molecule has 0 radical (unpaired) electrons. The van der Waals surface area contributed by atoms with Crippen LogP contribution in [-0.2, 0) is 0 Å². The molecular formula is C25H23FN6. The molecule has 0 atom stereocenters. The van der Waals surface area contributed by atoms with E-state index >= 15 is 0 Å². The summed E-state index contributed by atoms with van der Waals surface area (Å²) < 4.78 is 13.1. The lowest BCUT2D eigenvalue weighted by Gasteiger charge is -2.36. The van der Waals surface area contributed by atoms with E-state index in [4.69, 9.17) is 0 Å². The number of nitrogens with zero attached hydrogens (tertiary/aromatic N) is 6. The molecule has 0 amide bonds. The summed E-state index contributed by atoms with van der Waals surface area (Å²) in [7, 11) is 0. The van der Waals surface area contributed by atoms with Crippen molar-refractivity contribution in [1.82, 2.24) is 20.2 Å². The topological polar surface area (TPSA) is 58.0 Å². The van der Waals surface area contributed by atoms with Crippen molar-refractivity contribution in [1.29, 1.82) is 0 Å². The molecule has 0 spiro atoms. The Bertz CT molecular complexity index is 1190. The van der Waals surface area contributed by atoms with Gasteiger partial charge in [0, 0.05) is 43.4 Å². The van der Waals surface area contributed by atoms with Gasteiger partial charge in [0.15, 0.2) is 5.82 Å². The third-order valence-corrected chi connectivity index (χ3v) is 5.61. The maximum Gasteiger partial charge on any atom is 0.151 e. The Balaban J connectivity index is 1.27. The molecule has 0 saturated carbocycles. The molecule has 4 aromatic rings. The molecule has 1 saturated heterocycles. The molecule has 1 aliphatic heterocycles. The largest absolute Gasteiger partial charge is 0.353 e. The molecule has 0 unspecified atom stereocenters. The fourth-order valence-corrected chi connectivity index (χ4v) is 3.90. The molecule has 160 valence electrons. The predicted octanol–water partition coefficient (Wildman–Crippen LogP) is 4.37. The monoisotopic (exact) mass is 426 g/mol. The van der Waals surface area contributed by atoms with Gasteiger partial charge in [0.1, 0.15) is 17.5 Å². The zero-order valence-electron chi connectivity index (χ0n) is 17.8. The first kappa shape index (κ1) is 20.1. The minimum Gasteiger partial charge on any atom is -0.353 e. The van der Waals surface area contributed by atoms with Crippen molar-refractivity contribution < 1.29 is 4.39 Å². The summed E-state index contributed by atoms with van der Waals surface area (Å²) in [5, 5.41) is 8.74. The van der Waals surface area contributed by atoms with Crippen molar-refractivity contribution in [2.45, 2.75) is 6.92 Å². The zero-order chi connectivity index (χ0) is 21.9. The van der Waals surface area contributed by atoms with Gasteiger partial charge in [0.05, 0.1) is 11.4 Å². The first-order valence-corrected chi connectivity index (χ1v) is 10.7. The molecule has 32 heavy (non-hydrogen) atoms. The Morgan fingerprint density at radius 3 is 1.97 bits per heavy atom. The summed E-state index contributed by atoms with van der Waals surface area (Å²) in [6.07, 6.45) is 0. The molecule has 3 heterocycles. The van der Waals surface area contributed by atoms with Gasteiger partial charge in [-0.15, -0.1) is 10.2 Å². The number of benzene rings is 2. The summed E-state index contributed by atoms with van der Waals surface area (Å²) in [4.78, 5) is 13.8. The van der Waals surface area contributed by atoms with Gasteiger partial charge in [0.25, 0.3) is 0 Å². The van der Waals surface area contributed by atoms with Gasteiger partial charge in [-0.05, 0) is 43.3 Å². The number of aryl methyl sites for hydroxylation is 1. The summed E-state index contributed by atoms with van der Waals surface area (Å²) in [5.41, 5.74) is 3.62. The Morgan fingerprint density at radius 1 is 0.656 bits per heavy atom. The van der Waals surface area contributed by atoms with Crippen LogP contribution in [0.4, 0.5) is 16.0 Å². The van der Waals surface area contributed by atoms with E-state index in [1.807, 2.05) is 37.3 Å². The van der Waals surface area contributed by atoms with Gasteiger partial charge in [-0.3, -0.25) is 0 Å². The SMILES string of the molecule is Cc1nc(-c2ccccc2)cc(N2CCN(c3ccc(-c4ccc(F)cc4)nn3)CC2)n1. The van der Waals surface area contributed by atoms with Gasteiger partial charge in [-0.1, -0.05) is 30.3 Å². The normalized spacial score (nSPS) is 13.9. The van der Waals surface area contributed by atoms with Crippen molar-refractivity contribution in [2.75, 3.05) is 36.0 Å². The fourth-order valence-electron chi connectivity index (χ4n) is 3.90. The second kappa shape index (κ2) is 8.70. The van der Waals surface area contributed by atoms with Crippen LogP contribution in [0.5, 0.6) is 0 Å². The summed E-state index contributed by atoms with van der Waals surface area (Å²) in [5.74, 6) is 2.31. The second-order valence-electron chi connectivity index (χ2n) is 7.78. The number of anilines is 2.